The minimum Gasteiger partial charge on any atom is -0.353 e. The summed E-state index contributed by atoms with van der Waals surface area (Å²) in [6.45, 7) is 13.1. The molecule has 0 aromatic carbocycles. The second-order valence-electron chi connectivity index (χ2n) is 12.0. The molecule has 9 heteroatoms. The molecule has 9 nitrogen and oxygen atoms in total. The molecule has 3 fully saturated rings. The molecule has 7 heterocycles. The van der Waals surface area contributed by atoms with Crippen molar-refractivity contribution in [3.8, 4) is 11.3 Å². The number of pyridine rings is 2. The Morgan fingerprint density at radius 1 is 1.08 bits per heavy atom. The third-order valence-electron chi connectivity index (χ3n) is 9.29. The molecule has 3 saturated heterocycles. The van der Waals surface area contributed by atoms with Crippen molar-refractivity contribution in [3.63, 3.8) is 0 Å². The number of carbonyl (C=O) groups excluding carboxylic acids is 1. The largest absolute Gasteiger partial charge is 0.353 e. The zero-order valence-electron chi connectivity index (χ0n) is 23.4. The van der Waals surface area contributed by atoms with Crippen molar-refractivity contribution in [2.24, 2.45) is 0 Å². The minimum atomic E-state index is 0.291. The number of nitrogens with one attached hydrogen (secondary N) is 1. The lowest BCUT2D eigenvalue weighted by Gasteiger charge is -2.42. The van der Waals surface area contributed by atoms with Crippen LogP contribution in [0.3, 0.4) is 0 Å². The number of aromatic amines is 1. The van der Waals surface area contributed by atoms with E-state index >= 15 is 0 Å². The van der Waals surface area contributed by atoms with Crippen molar-refractivity contribution in [1.82, 2.24) is 34.4 Å². The molecular weight excluding hydrogens is 488 g/mol. The van der Waals surface area contributed by atoms with E-state index in [2.05, 4.69) is 75.8 Å². The van der Waals surface area contributed by atoms with Crippen LogP contribution in [-0.2, 0) is 4.79 Å². The van der Waals surface area contributed by atoms with E-state index in [0.29, 0.717) is 30.5 Å². The number of carbonyl (C=O) groups is 1. The monoisotopic (exact) mass is 526 g/mol. The number of hydrogen-bond acceptors (Lipinski definition) is 6. The number of rotatable bonds is 5. The molecule has 0 saturated carbocycles. The molecule has 2 bridgehead atoms. The van der Waals surface area contributed by atoms with Crippen LogP contribution in [0.4, 0.5) is 5.82 Å². The van der Waals surface area contributed by atoms with Crippen LogP contribution in [0.5, 0.6) is 0 Å². The summed E-state index contributed by atoms with van der Waals surface area (Å²) in [6, 6.07) is 5.01. The first-order chi connectivity index (χ1) is 18.9. The van der Waals surface area contributed by atoms with Crippen LogP contribution in [0.25, 0.3) is 27.9 Å². The van der Waals surface area contributed by atoms with Crippen LogP contribution in [0.2, 0.25) is 0 Å². The number of aromatic nitrogens is 5. The Bertz CT molecular complexity index is 1550. The Kier molecular flexibility index (Phi) is 5.88. The quantitative estimate of drug-likeness (QED) is 0.418. The Hall–Kier alpha value is -3.46. The van der Waals surface area contributed by atoms with E-state index in [-0.39, 0.29) is 0 Å². The zero-order chi connectivity index (χ0) is 26.8. The van der Waals surface area contributed by atoms with E-state index in [4.69, 9.17) is 4.98 Å². The predicted molar refractivity (Wildman–Crippen MR) is 153 cm³/mol. The van der Waals surface area contributed by atoms with Gasteiger partial charge in [0.05, 0.1) is 23.3 Å². The SMILES string of the molecule is Cc1c(-c2[nH]c3ccc(N4[C@@H]5CC[C@H]4CN(C(=O)CN4CCCC4)C5)nc3c2C(C)C)cn2ncnc2c1C. The molecule has 0 aliphatic carbocycles. The van der Waals surface area contributed by atoms with Crippen molar-refractivity contribution in [1.29, 1.82) is 0 Å². The van der Waals surface area contributed by atoms with E-state index in [9.17, 15) is 4.79 Å². The molecule has 0 unspecified atom stereocenters. The molecule has 204 valence electrons. The summed E-state index contributed by atoms with van der Waals surface area (Å²) in [6.07, 6.45) is 8.36. The first-order valence-electron chi connectivity index (χ1n) is 14.5. The van der Waals surface area contributed by atoms with Crippen molar-refractivity contribution >= 4 is 28.4 Å². The van der Waals surface area contributed by atoms with Crippen LogP contribution in [0, 0.1) is 13.8 Å². The van der Waals surface area contributed by atoms with Crippen molar-refractivity contribution in [3.05, 3.63) is 41.3 Å². The van der Waals surface area contributed by atoms with Crippen LogP contribution in [0.1, 0.15) is 62.1 Å². The first kappa shape index (κ1) is 24.6. The van der Waals surface area contributed by atoms with Crippen molar-refractivity contribution in [2.75, 3.05) is 37.6 Å². The molecule has 7 rings (SSSR count). The van der Waals surface area contributed by atoms with E-state index in [1.54, 1.807) is 6.33 Å². The van der Waals surface area contributed by atoms with Gasteiger partial charge >= 0.3 is 0 Å². The van der Waals surface area contributed by atoms with Gasteiger partial charge in [-0.15, -0.1) is 0 Å². The van der Waals surface area contributed by atoms with Gasteiger partial charge in [0, 0.05) is 42.5 Å². The van der Waals surface area contributed by atoms with Crippen molar-refractivity contribution < 1.29 is 4.79 Å². The van der Waals surface area contributed by atoms with Crippen molar-refractivity contribution in [2.45, 2.75) is 71.4 Å². The number of hydrogen-bond donors (Lipinski definition) is 1. The number of amides is 1. The number of aryl methyl sites for hydroxylation is 1. The second kappa shape index (κ2) is 9.33. The van der Waals surface area contributed by atoms with E-state index < -0.39 is 0 Å². The summed E-state index contributed by atoms with van der Waals surface area (Å²) < 4.78 is 1.87. The number of nitrogens with zero attached hydrogens (tertiary/aromatic N) is 7. The van der Waals surface area contributed by atoms with E-state index in [1.807, 2.05) is 4.52 Å². The number of piperazine rings is 1. The maximum atomic E-state index is 13.1. The number of fused-ring (bicyclic) bond motifs is 4. The fourth-order valence-electron chi connectivity index (χ4n) is 7.16. The highest BCUT2D eigenvalue weighted by Crippen LogP contribution is 2.40. The van der Waals surface area contributed by atoms with Crippen LogP contribution < -0.4 is 4.90 Å². The van der Waals surface area contributed by atoms with Gasteiger partial charge in [-0.2, -0.15) is 5.10 Å². The van der Waals surface area contributed by atoms with Gasteiger partial charge in [-0.25, -0.2) is 14.5 Å². The number of H-pyrrole nitrogens is 1. The Morgan fingerprint density at radius 2 is 1.82 bits per heavy atom. The predicted octanol–water partition coefficient (Wildman–Crippen LogP) is 4.29. The third kappa shape index (κ3) is 4.01. The van der Waals surface area contributed by atoms with E-state index in [1.165, 1.54) is 24.0 Å². The Balaban J connectivity index is 1.22. The minimum absolute atomic E-state index is 0.291. The zero-order valence-corrected chi connectivity index (χ0v) is 23.4. The maximum absolute atomic E-state index is 13.1. The molecule has 1 amide bonds. The molecule has 2 atom stereocenters. The molecule has 39 heavy (non-hydrogen) atoms. The topological polar surface area (TPSA) is 85.7 Å². The van der Waals surface area contributed by atoms with Gasteiger partial charge in [-0.3, -0.25) is 9.69 Å². The van der Waals surface area contributed by atoms with Gasteiger partial charge in [0.25, 0.3) is 0 Å². The van der Waals surface area contributed by atoms with E-state index in [0.717, 1.165) is 78.3 Å². The summed E-state index contributed by atoms with van der Waals surface area (Å²) >= 11 is 0. The highest BCUT2D eigenvalue weighted by atomic mass is 16.2. The third-order valence-corrected chi connectivity index (χ3v) is 9.29. The molecule has 4 aromatic heterocycles. The maximum Gasteiger partial charge on any atom is 0.236 e. The number of likely N-dealkylation sites (tertiary alicyclic amines) is 2. The smallest absolute Gasteiger partial charge is 0.236 e. The van der Waals surface area contributed by atoms with Gasteiger partial charge in [0.1, 0.15) is 12.1 Å². The lowest BCUT2D eigenvalue weighted by molar-refractivity contribution is -0.133. The average molecular weight is 527 g/mol. The second-order valence-corrected chi connectivity index (χ2v) is 12.0. The van der Waals surface area contributed by atoms with Gasteiger partial charge in [0.15, 0.2) is 5.65 Å². The van der Waals surface area contributed by atoms with Gasteiger partial charge in [0.2, 0.25) is 5.91 Å². The molecular formula is C30H38N8O. The summed E-state index contributed by atoms with van der Waals surface area (Å²) in [4.78, 5) is 33.5. The summed E-state index contributed by atoms with van der Waals surface area (Å²) in [5, 5.41) is 4.42. The summed E-state index contributed by atoms with van der Waals surface area (Å²) in [7, 11) is 0. The van der Waals surface area contributed by atoms with Gasteiger partial charge < -0.3 is 14.8 Å². The lowest BCUT2D eigenvalue weighted by atomic mass is 9.95. The Morgan fingerprint density at radius 3 is 2.54 bits per heavy atom. The summed E-state index contributed by atoms with van der Waals surface area (Å²) in [5.74, 6) is 1.62. The van der Waals surface area contributed by atoms with Gasteiger partial charge in [-0.1, -0.05) is 13.8 Å². The Labute approximate surface area is 229 Å². The fourth-order valence-corrected chi connectivity index (χ4v) is 7.16. The molecule has 1 N–H and O–H groups in total. The normalized spacial score (nSPS) is 21.8. The molecule has 0 spiro atoms. The molecule has 3 aliphatic rings. The summed E-state index contributed by atoms with van der Waals surface area (Å²) in [5.41, 5.74) is 8.83. The fraction of sp³-hybridized carbons (Fsp3) is 0.533. The first-order valence-corrected chi connectivity index (χ1v) is 14.5. The molecule has 4 aromatic rings. The van der Waals surface area contributed by atoms with Crippen LogP contribution in [-0.4, -0.2) is 85.1 Å². The molecule has 3 aliphatic heterocycles. The highest BCUT2D eigenvalue weighted by molar-refractivity contribution is 5.90. The number of anilines is 1. The lowest BCUT2D eigenvalue weighted by Crippen LogP contribution is -2.57. The molecule has 0 radical (unpaired) electrons. The highest BCUT2D eigenvalue weighted by Gasteiger charge is 2.42. The van der Waals surface area contributed by atoms with Gasteiger partial charge in [-0.05, 0) is 81.8 Å². The standard InChI is InChI=1S/C30H38N8O/c1-18(2)27-28(23-15-37-30(31-17-32-37)20(4)19(23)3)33-24-9-10-25(34-29(24)27)38-21-7-8-22(38)14-36(13-21)26(39)16-35-11-5-6-12-35/h9-10,15,17-18,21-22,33H,5-8,11-14,16H2,1-4H3/t21-,22+. The average Bonchev–Trinajstić information content (AvgIpc) is 3.71. The van der Waals surface area contributed by atoms with Crippen LogP contribution >= 0.6 is 0 Å². The van der Waals surface area contributed by atoms with Crippen LogP contribution in [0.15, 0.2) is 24.7 Å².